The minimum Gasteiger partial charge on any atom is -0.477 e. The van der Waals surface area contributed by atoms with Crippen molar-refractivity contribution in [3.63, 3.8) is 0 Å². The van der Waals surface area contributed by atoms with Gasteiger partial charge < -0.3 is 10.1 Å². The van der Waals surface area contributed by atoms with Gasteiger partial charge in [0.2, 0.25) is 0 Å². The summed E-state index contributed by atoms with van der Waals surface area (Å²) in [5.74, 6) is -5.49. The van der Waals surface area contributed by atoms with E-state index in [0.717, 1.165) is 12.3 Å². The van der Waals surface area contributed by atoms with Crippen LogP contribution < -0.4 is 4.72 Å². The van der Waals surface area contributed by atoms with Crippen LogP contribution in [0.4, 0.5) is 18.9 Å². The molecule has 0 saturated carbocycles. The fraction of sp³-hybridized carbons (Fsp3) is 0. The van der Waals surface area contributed by atoms with E-state index in [0.29, 0.717) is 12.1 Å². The van der Waals surface area contributed by atoms with E-state index < -0.39 is 49.7 Å². The van der Waals surface area contributed by atoms with Gasteiger partial charge in [-0.05, 0) is 6.07 Å². The monoisotopic (exact) mass is 320 g/mol. The number of aromatic carboxylic acids is 1. The number of aromatic amines is 1. The van der Waals surface area contributed by atoms with Gasteiger partial charge in [0, 0.05) is 18.3 Å². The van der Waals surface area contributed by atoms with Crippen LogP contribution in [0.5, 0.6) is 0 Å². The van der Waals surface area contributed by atoms with Gasteiger partial charge in [0.05, 0.1) is 0 Å². The Bertz CT molecular complexity index is 794. The topological polar surface area (TPSA) is 99.3 Å². The Morgan fingerprint density at radius 1 is 1.14 bits per heavy atom. The number of halogens is 3. The molecule has 0 amide bonds. The minimum atomic E-state index is -4.43. The largest absolute Gasteiger partial charge is 0.477 e. The maximum atomic E-state index is 13.4. The van der Waals surface area contributed by atoms with Crippen LogP contribution in [-0.4, -0.2) is 24.5 Å². The molecular weight excluding hydrogens is 313 g/mol. The van der Waals surface area contributed by atoms with Crippen LogP contribution in [0.15, 0.2) is 29.3 Å². The number of benzene rings is 1. The SMILES string of the molecule is O=C(O)c1cc(S(=O)(=O)Nc2c(F)cc(F)cc2F)c[nH]1. The highest BCUT2D eigenvalue weighted by Crippen LogP contribution is 2.23. The molecule has 1 aromatic heterocycles. The smallest absolute Gasteiger partial charge is 0.352 e. The summed E-state index contributed by atoms with van der Waals surface area (Å²) < 4.78 is 64.8. The number of hydrogen-bond acceptors (Lipinski definition) is 3. The lowest BCUT2D eigenvalue weighted by atomic mass is 10.3. The van der Waals surface area contributed by atoms with Crippen LogP contribution in [0.3, 0.4) is 0 Å². The molecule has 3 N–H and O–H groups in total. The number of sulfonamides is 1. The highest BCUT2D eigenvalue weighted by molar-refractivity contribution is 7.92. The molecule has 112 valence electrons. The fourth-order valence-electron chi connectivity index (χ4n) is 1.49. The van der Waals surface area contributed by atoms with E-state index in [1.165, 1.54) is 0 Å². The van der Waals surface area contributed by atoms with E-state index >= 15 is 0 Å². The van der Waals surface area contributed by atoms with Gasteiger partial charge in [-0.1, -0.05) is 0 Å². The summed E-state index contributed by atoms with van der Waals surface area (Å²) in [7, 11) is -4.43. The van der Waals surface area contributed by atoms with Gasteiger partial charge in [-0.15, -0.1) is 0 Å². The lowest BCUT2D eigenvalue weighted by molar-refractivity contribution is 0.0691. The van der Waals surface area contributed by atoms with Crippen LogP contribution in [0.2, 0.25) is 0 Å². The number of hydrogen-bond donors (Lipinski definition) is 3. The van der Waals surface area contributed by atoms with Gasteiger partial charge in [-0.3, -0.25) is 4.72 Å². The first-order valence-corrected chi connectivity index (χ1v) is 6.78. The number of aromatic nitrogens is 1. The van der Waals surface area contributed by atoms with Crippen molar-refractivity contribution in [1.29, 1.82) is 0 Å². The molecule has 0 saturated heterocycles. The lowest BCUT2D eigenvalue weighted by Gasteiger charge is -2.08. The van der Waals surface area contributed by atoms with Crippen molar-refractivity contribution in [2.45, 2.75) is 4.90 Å². The molecule has 2 rings (SSSR count). The Labute approximate surface area is 116 Å². The normalized spacial score (nSPS) is 11.4. The molecule has 0 aliphatic carbocycles. The average Bonchev–Trinajstić information content (AvgIpc) is 2.84. The zero-order chi connectivity index (χ0) is 15.8. The molecule has 21 heavy (non-hydrogen) atoms. The molecular formula is C11H7F3N2O4S. The van der Waals surface area contributed by atoms with E-state index in [4.69, 9.17) is 5.11 Å². The molecule has 10 heteroatoms. The Morgan fingerprint density at radius 3 is 2.19 bits per heavy atom. The standard InChI is InChI=1S/C11H7F3N2O4S/c12-5-1-7(13)10(8(14)2-5)16-21(19,20)6-3-9(11(17)18)15-4-6/h1-4,15-16H,(H,17,18). The van der Waals surface area contributed by atoms with Crippen molar-refractivity contribution in [1.82, 2.24) is 4.98 Å². The highest BCUT2D eigenvalue weighted by Gasteiger charge is 2.22. The van der Waals surface area contributed by atoms with Gasteiger partial charge in [-0.25, -0.2) is 26.4 Å². The van der Waals surface area contributed by atoms with E-state index in [-0.39, 0.29) is 0 Å². The number of carboxylic acid groups (broad SMARTS) is 1. The summed E-state index contributed by atoms with van der Waals surface area (Å²) in [6.07, 6.45) is 0.838. The molecule has 1 heterocycles. The van der Waals surface area contributed by atoms with Gasteiger partial charge in [0.25, 0.3) is 10.0 Å². The third-order valence-corrected chi connectivity index (χ3v) is 3.77. The second-order valence-corrected chi connectivity index (χ2v) is 5.59. The van der Waals surface area contributed by atoms with E-state index in [2.05, 4.69) is 4.98 Å². The Morgan fingerprint density at radius 2 is 1.71 bits per heavy atom. The number of rotatable bonds is 4. The maximum absolute atomic E-state index is 13.4. The summed E-state index contributed by atoms with van der Waals surface area (Å²) in [6.45, 7) is 0. The number of carbonyl (C=O) groups is 1. The summed E-state index contributed by atoms with van der Waals surface area (Å²) in [4.78, 5) is 12.3. The Balaban J connectivity index is 2.40. The molecule has 0 unspecified atom stereocenters. The van der Waals surface area contributed by atoms with E-state index in [1.54, 1.807) is 4.72 Å². The van der Waals surface area contributed by atoms with Crippen LogP contribution >= 0.6 is 0 Å². The van der Waals surface area contributed by atoms with Crippen molar-refractivity contribution < 1.29 is 31.5 Å². The first-order chi connectivity index (χ1) is 9.70. The first-order valence-electron chi connectivity index (χ1n) is 5.30. The van der Waals surface area contributed by atoms with Crippen molar-refractivity contribution in [3.8, 4) is 0 Å². The van der Waals surface area contributed by atoms with Gasteiger partial charge in [0.15, 0.2) is 11.6 Å². The molecule has 0 fully saturated rings. The molecule has 0 bridgehead atoms. The second kappa shape index (κ2) is 5.13. The van der Waals surface area contributed by atoms with E-state index in [9.17, 15) is 26.4 Å². The average molecular weight is 320 g/mol. The quantitative estimate of drug-likeness (QED) is 0.801. The molecule has 0 radical (unpaired) electrons. The number of H-pyrrole nitrogens is 1. The Kier molecular flexibility index (Phi) is 3.64. The lowest BCUT2D eigenvalue weighted by Crippen LogP contribution is -2.15. The van der Waals surface area contributed by atoms with E-state index in [1.807, 2.05) is 0 Å². The zero-order valence-corrected chi connectivity index (χ0v) is 10.8. The summed E-state index contributed by atoms with van der Waals surface area (Å²) in [5.41, 5.74) is -1.48. The number of carboxylic acids is 1. The summed E-state index contributed by atoms with van der Waals surface area (Å²) in [6, 6.07) is 1.38. The van der Waals surface area contributed by atoms with Crippen LogP contribution in [0, 0.1) is 17.5 Å². The number of anilines is 1. The van der Waals surface area contributed by atoms with Crippen LogP contribution in [0.1, 0.15) is 10.5 Å². The predicted octanol–water partition coefficient (Wildman–Crippen LogP) is 1.93. The second-order valence-electron chi connectivity index (χ2n) is 3.90. The minimum absolute atomic E-state index is 0.306. The van der Waals surface area contributed by atoms with Crippen LogP contribution in [0.25, 0.3) is 0 Å². The molecule has 0 aliphatic rings. The molecule has 0 aliphatic heterocycles. The van der Waals surface area contributed by atoms with Gasteiger partial charge in [-0.2, -0.15) is 0 Å². The molecule has 6 nitrogen and oxygen atoms in total. The summed E-state index contributed by atoms with van der Waals surface area (Å²) in [5, 5.41) is 8.66. The van der Waals surface area contributed by atoms with Crippen molar-refractivity contribution in [2.24, 2.45) is 0 Å². The molecule has 2 aromatic rings. The molecule has 0 atom stereocenters. The highest BCUT2D eigenvalue weighted by atomic mass is 32.2. The molecule has 1 aromatic carbocycles. The predicted molar refractivity (Wildman–Crippen MR) is 64.9 cm³/mol. The van der Waals surface area contributed by atoms with Gasteiger partial charge >= 0.3 is 5.97 Å². The Hall–Kier alpha value is -2.49. The van der Waals surface area contributed by atoms with Crippen molar-refractivity contribution >= 4 is 21.7 Å². The number of nitrogens with one attached hydrogen (secondary N) is 2. The third kappa shape index (κ3) is 2.99. The third-order valence-electron chi connectivity index (χ3n) is 2.44. The van der Waals surface area contributed by atoms with Gasteiger partial charge in [0.1, 0.15) is 22.1 Å². The van der Waals surface area contributed by atoms with Crippen LogP contribution in [-0.2, 0) is 10.0 Å². The first kappa shape index (κ1) is 14.9. The fourth-order valence-corrected chi connectivity index (χ4v) is 2.55. The summed E-state index contributed by atoms with van der Waals surface area (Å²) >= 11 is 0. The van der Waals surface area contributed by atoms with Crippen molar-refractivity contribution in [3.05, 3.63) is 47.5 Å². The molecule has 0 spiro atoms. The zero-order valence-electron chi connectivity index (χ0n) is 10.0. The van der Waals surface area contributed by atoms with Crippen molar-refractivity contribution in [2.75, 3.05) is 4.72 Å². The maximum Gasteiger partial charge on any atom is 0.352 e.